The standard InChI is InChI=1S/C52H46Cl2N6O8/c1-33-39(31-67-49-19-47(65-29-37-15-35(21-55)23-59-25-37)41(17-45(49)53)27-57-13-5-11-51(61)62)7-3-9-43(33)44-10-4-8-40(34(44)2)32-68-50-20-48(66-30-38-16-36(22-56)24-60-26-38)42(18-46(50)54)28-58-14-6-12-52(63)64/h3-12,15-20,23-26,57-58H,13-14,27-32H2,1-2H3,(H,61,62)(H,63,64)/b11-5-,12-6-. The van der Waals surface area contributed by atoms with E-state index in [1.807, 2.05) is 38.1 Å². The Morgan fingerprint density at radius 3 is 1.40 bits per heavy atom. The maximum Gasteiger partial charge on any atom is 0.328 e. The number of nitriles is 2. The molecule has 4 aromatic carbocycles. The number of hydrogen-bond donors (Lipinski definition) is 4. The first-order valence-corrected chi connectivity index (χ1v) is 21.9. The number of benzene rings is 4. The third-order valence-corrected chi connectivity index (χ3v) is 11.1. The van der Waals surface area contributed by atoms with Crippen LogP contribution in [0.15, 0.2) is 122 Å². The highest BCUT2D eigenvalue weighted by molar-refractivity contribution is 6.32. The summed E-state index contributed by atoms with van der Waals surface area (Å²) < 4.78 is 25.2. The van der Waals surface area contributed by atoms with Crippen LogP contribution < -0.4 is 29.6 Å². The van der Waals surface area contributed by atoms with Gasteiger partial charge in [-0.05, 0) is 71.5 Å². The van der Waals surface area contributed by atoms with E-state index in [9.17, 15) is 20.1 Å². The molecule has 0 atom stereocenters. The van der Waals surface area contributed by atoms with Gasteiger partial charge in [-0.15, -0.1) is 0 Å². The molecule has 0 saturated carbocycles. The van der Waals surface area contributed by atoms with Gasteiger partial charge in [0.2, 0.25) is 0 Å². The van der Waals surface area contributed by atoms with Crippen LogP contribution in [0, 0.1) is 36.5 Å². The van der Waals surface area contributed by atoms with E-state index in [0.29, 0.717) is 81.5 Å². The van der Waals surface area contributed by atoms with E-state index < -0.39 is 11.9 Å². The van der Waals surface area contributed by atoms with E-state index >= 15 is 0 Å². The van der Waals surface area contributed by atoms with E-state index in [1.165, 1.54) is 24.5 Å². The summed E-state index contributed by atoms with van der Waals surface area (Å²) in [5.41, 5.74) is 9.53. The molecular formula is C52H46Cl2N6O8. The zero-order valence-corrected chi connectivity index (χ0v) is 38.6. The zero-order chi connectivity index (χ0) is 48.4. The SMILES string of the molecule is Cc1c(COc2cc(OCc3cncc(C#N)c3)c(CNC/C=C\C(=O)O)cc2Cl)cccc1-c1cccc(COc2cc(OCc3cncc(C#N)c3)c(CNC/C=C\C(=O)O)cc2Cl)c1C. The number of carboxylic acids is 2. The van der Waals surface area contributed by atoms with Gasteiger partial charge in [0.1, 0.15) is 61.6 Å². The number of aliphatic carboxylic acids is 2. The van der Waals surface area contributed by atoms with E-state index in [4.69, 9.17) is 52.4 Å². The minimum absolute atomic E-state index is 0.127. The summed E-state index contributed by atoms with van der Waals surface area (Å²) in [6, 6.07) is 26.6. The molecule has 0 aliphatic heterocycles. The van der Waals surface area contributed by atoms with Gasteiger partial charge in [0.05, 0.1) is 21.2 Å². The maximum atomic E-state index is 10.9. The maximum absolute atomic E-state index is 10.9. The summed E-state index contributed by atoms with van der Waals surface area (Å²) in [5.74, 6) is -0.305. The van der Waals surface area contributed by atoms with E-state index in [0.717, 1.165) is 56.7 Å². The molecule has 0 bridgehead atoms. The third kappa shape index (κ3) is 14.1. The lowest BCUT2D eigenvalue weighted by molar-refractivity contribution is -0.132. The number of rotatable bonds is 23. The zero-order valence-electron chi connectivity index (χ0n) is 37.1. The topological polar surface area (TPSA) is 209 Å². The summed E-state index contributed by atoms with van der Waals surface area (Å²) in [5, 5.41) is 43.6. The van der Waals surface area contributed by atoms with Crippen LogP contribution in [0.2, 0.25) is 10.0 Å². The number of carboxylic acid groups (broad SMARTS) is 2. The first-order valence-electron chi connectivity index (χ1n) is 21.1. The molecular weight excluding hydrogens is 908 g/mol. The fourth-order valence-corrected chi connectivity index (χ4v) is 7.45. The molecule has 0 radical (unpaired) electrons. The van der Waals surface area contributed by atoms with Crippen molar-refractivity contribution in [2.24, 2.45) is 0 Å². The summed E-state index contributed by atoms with van der Waals surface area (Å²) >= 11 is 13.6. The molecule has 2 aromatic heterocycles. The highest BCUT2D eigenvalue weighted by Crippen LogP contribution is 2.37. The van der Waals surface area contributed by atoms with Crippen LogP contribution in [0.3, 0.4) is 0 Å². The molecule has 68 heavy (non-hydrogen) atoms. The van der Waals surface area contributed by atoms with Crippen molar-refractivity contribution in [2.45, 2.75) is 53.4 Å². The fraction of sp³-hybridized carbons (Fsp3) is 0.192. The van der Waals surface area contributed by atoms with E-state index in [1.54, 1.807) is 48.8 Å². The second-order valence-corrected chi connectivity index (χ2v) is 16.1. The number of nitrogens with one attached hydrogen (secondary N) is 2. The molecule has 0 aliphatic rings. The fourth-order valence-electron chi connectivity index (χ4n) is 6.97. The number of halogens is 2. The highest BCUT2D eigenvalue weighted by atomic mass is 35.5. The summed E-state index contributed by atoms with van der Waals surface area (Å²) in [4.78, 5) is 30.1. The molecule has 16 heteroatoms. The second-order valence-electron chi connectivity index (χ2n) is 15.2. The molecule has 0 fully saturated rings. The summed E-state index contributed by atoms with van der Waals surface area (Å²) in [6.07, 6.45) is 11.3. The van der Waals surface area contributed by atoms with E-state index in [-0.39, 0.29) is 26.4 Å². The quantitative estimate of drug-likeness (QED) is 0.0348. The van der Waals surface area contributed by atoms with Crippen molar-refractivity contribution in [1.82, 2.24) is 20.6 Å². The van der Waals surface area contributed by atoms with Crippen molar-refractivity contribution in [2.75, 3.05) is 13.1 Å². The van der Waals surface area contributed by atoms with Gasteiger partial charge in [-0.3, -0.25) is 9.97 Å². The van der Waals surface area contributed by atoms with E-state index in [2.05, 4.69) is 44.9 Å². The Morgan fingerprint density at radius 2 is 1.00 bits per heavy atom. The smallest absolute Gasteiger partial charge is 0.328 e. The van der Waals surface area contributed by atoms with Crippen LogP contribution >= 0.6 is 23.2 Å². The van der Waals surface area contributed by atoms with Crippen LogP contribution in [-0.4, -0.2) is 45.2 Å². The van der Waals surface area contributed by atoms with Gasteiger partial charge in [0.25, 0.3) is 0 Å². The van der Waals surface area contributed by atoms with Crippen LogP contribution in [0.1, 0.15) is 55.6 Å². The monoisotopic (exact) mass is 952 g/mol. The Hall–Kier alpha value is -7.72. The number of ether oxygens (including phenoxy) is 4. The largest absolute Gasteiger partial charge is 0.488 e. The minimum atomic E-state index is -1.04. The van der Waals surface area contributed by atoms with Crippen LogP contribution in [0.25, 0.3) is 11.1 Å². The van der Waals surface area contributed by atoms with Crippen molar-refractivity contribution in [1.29, 1.82) is 10.5 Å². The van der Waals surface area contributed by atoms with Gasteiger partial charge in [0.15, 0.2) is 0 Å². The molecule has 0 saturated heterocycles. The highest BCUT2D eigenvalue weighted by Gasteiger charge is 2.17. The molecule has 0 unspecified atom stereocenters. The van der Waals surface area contributed by atoms with Gasteiger partial charge in [-0.25, -0.2) is 9.59 Å². The molecule has 14 nitrogen and oxygen atoms in total. The van der Waals surface area contributed by atoms with Gasteiger partial charge in [-0.1, -0.05) is 71.8 Å². The van der Waals surface area contributed by atoms with Crippen molar-refractivity contribution in [3.8, 4) is 46.3 Å². The molecule has 6 rings (SSSR count). The predicted octanol–water partition coefficient (Wildman–Crippen LogP) is 9.59. The average Bonchev–Trinajstić information content (AvgIpc) is 3.33. The van der Waals surface area contributed by atoms with Gasteiger partial charge < -0.3 is 39.8 Å². The Bertz CT molecular complexity index is 2730. The van der Waals surface area contributed by atoms with Crippen molar-refractivity contribution < 1.29 is 38.7 Å². The molecule has 6 aromatic rings. The average molecular weight is 954 g/mol. The van der Waals surface area contributed by atoms with Crippen molar-refractivity contribution in [3.05, 3.63) is 188 Å². The Labute approximate surface area is 403 Å². The molecule has 0 amide bonds. The molecule has 4 N–H and O–H groups in total. The molecule has 0 aliphatic carbocycles. The van der Waals surface area contributed by atoms with Crippen LogP contribution in [0.5, 0.6) is 23.0 Å². The summed E-state index contributed by atoms with van der Waals surface area (Å²) in [7, 11) is 0. The van der Waals surface area contributed by atoms with Crippen LogP contribution in [-0.2, 0) is 49.1 Å². The number of pyridine rings is 2. The van der Waals surface area contributed by atoms with Gasteiger partial charge in [0, 0.05) is 97.5 Å². The molecule has 2 heterocycles. The predicted molar refractivity (Wildman–Crippen MR) is 256 cm³/mol. The lowest BCUT2D eigenvalue weighted by atomic mass is 9.92. The Balaban J connectivity index is 1.18. The molecule has 346 valence electrons. The number of hydrogen-bond acceptors (Lipinski definition) is 12. The number of aromatic nitrogens is 2. The van der Waals surface area contributed by atoms with Gasteiger partial charge >= 0.3 is 11.9 Å². The lowest BCUT2D eigenvalue weighted by Gasteiger charge is -2.19. The first-order chi connectivity index (χ1) is 32.9. The number of nitrogens with zero attached hydrogens (tertiary/aromatic N) is 4. The third-order valence-electron chi connectivity index (χ3n) is 10.5. The van der Waals surface area contributed by atoms with Crippen LogP contribution in [0.4, 0.5) is 0 Å². The van der Waals surface area contributed by atoms with Gasteiger partial charge in [-0.2, -0.15) is 10.5 Å². The second kappa shape index (κ2) is 24.7. The first kappa shape index (κ1) is 49.7. The summed E-state index contributed by atoms with van der Waals surface area (Å²) in [6.45, 7) is 5.97. The van der Waals surface area contributed by atoms with Crippen molar-refractivity contribution >= 4 is 35.1 Å². The Kier molecular flexibility index (Phi) is 18.1. The normalized spacial score (nSPS) is 11.0. The lowest BCUT2D eigenvalue weighted by Crippen LogP contribution is -2.14. The number of carbonyl (C=O) groups is 2. The van der Waals surface area contributed by atoms with Crippen molar-refractivity contribution in [3.63, 3.8) is 0 Å². The minimum Gasteiger partial charge on any atom is -0.488 e. The molecule has 0 spiro atoms. The Morgan fingerprint density at radius 1 is 0.588 bits per heavy atom.